The zero-order valence-electron chi connectivity index (χ0n) is 18.9. The Balaban J connectivity index is -0.000000130. The molecule has 0 aromatic heterocycles. The summed E-state index contributed by atoms with van der Waals surface area (Å²) in [6.45, 7) is 20.8. The summed E-state index contributed by atoms with van der Waals surface area (Å²) in [5.74, 6) is 1.24. The van der Waals surface area contributed by atoms with Crippen molar-refractivity contribution in [2.45, 2.75) is 98.8 Å². The molecule has 0 radical (unpaired) electrons. The van der Waals surface area contributed by atoms with Crippen molar-refractivity contribution in [1.82, 2.24) is 0 Å². The van der Waals surface area contributed by atoms with Gasteiger partial charge in [-0.15, -0.1) is 0 Å². The first-order valence-electron chi connectivity index (χ1n) is 9.75. The van der Waals surface area contributed by atoms with Gasteiger partial charge in [-0.1, -0.05) is 84.9 Å². The highest BCUT2D eigenvalue weighted by Gasteiger charge is 2.25. The Morgan fingerprint density at radius 2 is 1.35 bits per heavy atom. The lowest BCUT2D eigenvalue weighted by Gasteiger charge is -2.23. The van der Waals surface area contributed by atoms with E-state index in [9.17, 15) is 0 Å². The van der Waals surface area contributed by atoms with Crippen LogP contribution in [0.4, 0.5) is 0 Å². The molecular formula is C22H42IN3. The van der Waals surface area contributed by atoms with Crippen LogP contribution in [-0.2, 0) is 0 Å². The number of nitrogens with zero attached hydrogens (tertiary/aromatic N) is 3. The molecule has 0 bridgehead atoms. The first-order valence-corrected chi connectivity index (χ1v) is 11.0. The second-order valence-electron chi connectivity index (χ2n) is 7.35. The molecule has 152 valence electrons. The van der Waals surface area contributed by atoms with Crippen LogP contribution in [0.3, 0.4) is 0 Å². The second kappa shape index (κ2) is 22.2. The fraction of sp³-hybridized carbons (Fsp3) is 0.864. The number of unbranched alkanes of at least 4 members (excludes halogenated alkanes) is 1. The Labute approximate surface area is 178 Å². The van der Waals surface area contributed by atoms with Crippen LogP contribution >= 0.6 is 22.6 Å². The summed E-state index contributed by atoms with van der Waals surface area (Å²) in [6.07, 6.45) is 3.60. The van der Waals surface area contributed by atoms with Crippen molar-refractivity contribution in [3.8, 4) is 18.2 Å². The van der Waals surface area contributed by atoms with Crippen molar-refractivity contribution in [3.63, 3.8) is 0 Å². The standard InChI is InChI=1S/C8H15N.C7H13N.C4H7N.C3H7I/c1-5-8(4,6-9)7(2)3;1-4-7(5-8)6(2)3;1-2-3-4-5;1-3(2)4/h7H,5H2,1-4H3;6-7H,4H2,1-3H3;2-3H2,1H3;3H,1-2H3. The van der Waals surface area contributed by atoms with E-state index in [4.69, 9.17) is 15.8 Å². The lowest BCUT2D eigenvalue weighted by Crippen LogP contribution is -2.19. The topological polar surface area (TPSA) is 71.4 Å². The number of nitriles is 3. The molecule has 0 aliphatic carbocycles. The molecule has 0 aromatic rings. The Morgan fingerprint density at radius 3 is 1.35 bits per heavy atom. The summed E-state index contributed by atoms with van der Waals surface area (Å²) in [7, 11) is 0. The predicted molar refractivity (Wildman–Crippen MR) is 123 cm³/mol. The number of halogens is 1. The Kier molecular flexibility index (Phi) is 28.1. The van der Waals surface area contributed by atoms with Gasteiger partial charge in [-0.05, 0) is 38.0 Å². The highest BCUT2D eigenvalue weighted by molar-refractivity contribution is 14.1. The van der Waals surface area contributed by atoms with Gasteiger partial charge in [0.05, 0.1) is 23.6 Å². The fourth-order valence-corrected chi connectivity index (χ4v) is 1.44. The largest absolute Gasteiger partial charge is 0.198 e. The van der Waals surface area contributed by atoms with Gasteiger partial charge in [0.1, 0.15) is 0 Å². The minimum Gasteiger partial charge on any atom is -0.198 e. The molecule has 0 fully saturated rings. The van der Waals surface area contributed by atoms with Crippen molar-refractivity contribution in [2.24, 2.45) is 23.2 Å². The zero-order valence-corrected chi connectivity index (χ0v) is 21.0. The van der Waals surface area contributed by atoms with Crippen molar-refractivity contribution in [2.75, 3.05) is 0 Å². The minimum absolute atomic E-state index is 0.111. The molecule has 4 heteroatoms. The average Bonchev–Trinajstić information content (AvgIpc) is 2.56. The summed E-state index contributed by atoms with van der Waals surface area (Å²) in [6, 6.07) is 6.60. The van der Waals surface area contributed by atoms with Crippen LogP contribution < -0.4 is 0 Å². The molecule has 2 unspecified atom stereocenters. The normalized spacial score (nSPS) is 12.6. The van der Waals surface area contributed by atoms with Gasteiger partial charge in [-0.25, -0.2) is 0 Å². The summed E-state index contributed by atoms with van der Waals surface area (Å²) in [5, 5.41) is 25.0. The molecule has 0 saturated heterocycles. The molecular weight excluding hydrogens is 433 g/mol. The van der Waals surface area contributed by atoms with E-state index in [0.717, 1.165) is 23.2 Å². The predicted octanol–water partition coefficient (Wildman–Crippen LogP) is 7.91. The van der Waals surface area contributed by atoms with Gasteiger partial charge in [0.25, 0.3) is 0 Å². The van der Waals surface area contributed by atoms with E-state index in [-0.39, 0.29) is 11.3 Å². The van der Waals surface area contributed by atoms with Crippen LogP contribution in [0.5, 0.6) is 0 Å². The van der Waals surface area contributed by atoms with Gasteiger partial charge in [0.2, 0.25) is 0 Å². The van der Waals surface area contributed by atoms with Crippen LogP contribution in [0.2, 0.25) is 0 Å². The van der Waals surface area contributed by atoms with E-state index in [1.54, 1.807) is 0 Å². The quantitative estimate of drug-likeness (QED) is 0.300. The summed E-state index contributed by atoms with van der Waals surface area (Å²) in [4.78, 5) is 0. The lowest BCUT2D eigenvalue weighted by atomic mass is 9.78. The third kappa shape index (κ3) is 25.4. The first kappa shape index (κ1) is 32.8. The third-order valence-electron chi connectivity index (χ3n) is 4.04. The molecule has 0 heterocycles. The van der Waals surface area contributed by atoms with Crippen molar-refractivity contribution < 1.29 is 0 Å². The third-order valence-corrected chi connectivity index (χ3v) is 4.04. The first-order chi connectivity index (χ1) is 11.9. The van der Waals surface area contributed by atoms with E-state index in [2.05, 4.69) is 83.2 Å². The molecule has 3 nitrogen and oxygen atoms in total. The molecule has 26 heavy (non-hydrogen) atoms. The average molecular weight is 476 g/mol. The Bertz CT molecular complexity index is 408. The molecule has 0 rings (SSSR count). The zero-order chi connectivity index (χ0) is 21.8. The van der Waals surface area contributed by atoms with Crippen molar-refractivity contribution in [1.29, 1.82) is 15.8 Å². The van der Waals surface area contributed by atoms with Gasteiger partial charge >= 0.3 is 0 Å². The van der Waals surface area contributed by atoms with Gasteiger partial charge in [0, 0.05) is 16.3 Å². The summed E-state index contributed by atoms with van der Waals surface area (Å²) >= 11 is 2.34. The van der Waals surface area contributed by atoms with Gasteiger partial charge in [-0.3, -0.25) is 0 Å². The molecule has 0 aliphatic rings. The van der Waals surface area contributed by atoms with Crippen molar-refractivity contribution >= 4 is 22.6 Å². The van der Waals surface area contributed by atoms with E-state index < -0.39 is 0 Å². The fourth-order valence-electron chi connectivity index (χ4n) is 1.44. The van der Waals surface area contributed by atoms with Crippen LogP contribution in [0.25, 0.3) is 0 Å². The smallest absolute Gasteiger partial charge is 0.0689 e. The summed E-state index contributed by atoms with van der Waals surface area (Å²) < 4.78 is 0.803. The van der Waals surface area contributed by atoms with E-state index >= 15 is 0 Å². The van der Waals surface area contributed by atoms with Crippen LogP contribution in [0, 0.1) is 57.2 Å². The SMILES string of the molecule is CC(C)I.CCC(C#N)C(C)C.CCC(C)(C#N)C(C)C.CCCC#N. The maximum atomic E-state index is 8.71. The number of hydrogen-bond donors (Lipinski definition) is 0. The highest BCUT2D eigenvalue weighted by Crippen LogP contribution is 2.28. The lowest BCUT2D eigenvalue weighted by molar-refractivity contribution is 0.299. The number of alkyl halides is 1. The molecule has 0 aromatic carbocycles. The van der Waals surface area contributed by atoms with Crippen LogP contribution in [0.15, 0.2) is 0 Å². The molecule has 2 atom stereocenters. The summed E-state index contributed by atoms with van der Waals surface area (Å²) in [5.41, 5.74) is -0.111. The number of hydrogen-bond acceptors (Lipinski definition) is 3. The van der Waals surface area contributed by atoms with Gasteiger partial charge in [-0.2, -0.15) is 15.8 Å². The molecule has 0 saturated carbocycles. The van der Waals surface area contributed by atoms with E-state index in [0.29, 0.717) is 18.3 Å². The second-order valence-corrected chi connectivity index (χ2v) is 9.84. The van der Waals surface area contributed by atoms with Gasteiger partial charge < -0.3 is 0 Å². The maximum absolute atomic E-state index is 8.71. The Morgan fingerprint density at radius 1 is 0.923 bits per heavy atom. The van der Waals surface area contributed by atoms with E-state index in [1.807, 2.05) is 26.8 Å². The van der Waals surface area contributed by atoms with Crippen LogP contribution in [0.1, 0.15) is 94.9 Å². The molecule has 0 spiro atoms. The maximum Gasteiger partial charge on any atom is 0.0689 e. The Hall–Kier alpha value is -0.800. The highest BCUT2D eigenvalue weighted by atomic mass is 127. The van der Waals surface area contributed by atoms with Crippen molar-refractivity contribution in [3.05, 3.63) is 0 Å². The van der Waals surface area contributed by atoms with Crippen LogP contribution in [-0.4, -0.2) is 3.92 Å². The minimum atomic E-state index is -0.111. The molecule has 0 N–H and O–H groups in total. The van der Waals surface area contributed by atoms with Gasteiger partial charge in [0.15, 0.2) is 0 Å². The van der Waals surface area contributed by atoms with E-state index in [1.165, 1.54) is 0 Å². The molecule has 0 amide bonds. The molecule has 0 aliphatic heterocycles. The number of rotatable bonds is 5. The monoisotopic (exact) mass is 475 g/mol.